The minimum Gasteiger partial charge on any atom is -0.496 e. The van der Waals surface area contributed by atoms with Crippen molar-refractivity contribution in [2.45, 2.75) is 78.3 Å². The minimum absolute atomic E-state index is 0.0455. The van der Waals surface area contributed by atoms with Gasteiger partial charge in [0, 0.05) is 21.3 Å². The highest BCUT2D eigenvalue weighted by Crippen LogP contribution is 2.38. The van der Waals surface area contributed by atoms with Crippen LogP contribution in [0.5, 0.6) is 5.75 Å². The summed E-state index contributed by atoms with van der Waals surface area (Å²) in [7, 11) is 1.56. The van der Waals surface area contributed by atoms with Gasteiger partial charge in [0.1, 0.15) is 23.0 Å². The fourth-order valence-corrected chi connectivity index (χ4v) is 6.56. The molecule has 4 aromatic carbocycles. The maximum absolute atomic E-state index is 14.8. The average Bonchev–Trinajstić information content (AvgIpc) is 3.23. The number of nitrogens with zero attached hydrogens (tertiary/aromatic N) is 2. The van der Waals surface area contributed by atoms with Gasteiger partial charge in [-0.25, -0.2) is 4.79 Å². The Morgan fingerprint density at radius 1 is 0.875 bits per heavy atom. The fourth-order valence-electron chi connectivity index (χ4n) is 6.18. The molecule has 0 fully saturated rings. The quantitative estimate of drug-likeness (QED) is 0.144. The van der Waals surface area contributed by atoms with Gasteiger partial charge in [0.15, 0.2) is 0 Å². The number of amides is 4. The molecule has 2 atom stereocenters. The van der Waals surface area contributed by atoms with E-state index >= 15 is 0 Å². The zero-order valence-corrected chi connectivity index (χ0v) is 34.4. The van der Waals surface area contributed by atoms with E-state index in [1.54, 1.807) is 109 Å². The van der Waals surface area contributed by atoms with Gasteiger partial charge in [-0.05, 0) is 114 Å². The lowest BCUT2D eigenvalue weighted by molar-refractivity contribution is -0.153. The van der Waals surface area contributed by atoms with Crippen LogP contribution in [0.15, 0.2) is 83.3 Å². The maximum atomic E-state index is 14.8. The van der Waals surface area contributed by atoms with E-state index in [1.165, 1.54) is 4.90 Å². The topological polar surface area (TPSA) is 156 Å². The molecule has 0 saturated heterocycles. The monoisotopic (exact) mass is 829 g/mol. The van der Waals surface area contributed by atoms with Crippen LogP contribution in [0.25, 0.3) is 10.8 Å². The molecular weight excluding hydrogens is 782 g/mol. The van der Waals surface area contributed by atoms with Gasteiger partial charge in [0.05, 0.1) is 44.2 Å². The number of methoxy groups -OCH3 is 1. The summed E-state index contributed by atoms with van der Waals surface area (Å²) in [6, 6.07) is 20.8. The molecule has 1 aliphatic heterocycles. The van der Waals surface area contributed by atoms with E-state index in [-0.39, 0.29) is 25.2 Å². The van der Waals surface area contributed by atoms with E-state index in [0.29, 0.717) is 22.8 Å². The fraction of sp³-hybridized carbons (Fsp3) is 0.357. The predicted molar refractivity (Wildman–Crippen MR) is 219 cm³/mol. The molecular formula is C42H48BrN5O8. The van der Waals surface area contributed by atoms with E-state index in [9.17, 15) is 24.0 Å². The third-order valence-corrected chi connectivity index (χ3v) is 9.18. The Hall–Kier alpha value is -5.47. The Kier molecular flexibility index (Phi) is 12.7. The van der Waals surface area contributed by atoms with E-state index in [2.05, 4.69) is 31.9 Å². The number of hydrogen-bond donors (Lipinski definition) is 3. The van der Waals surface area contributed by atoms with Crippen LogP contribution < -0.4 is 30.5 Å². The molecule has 1 aliphatic rings. The average molecular weight is 831 g/mol. The van der Waals surface area contributed by atoms with Crippen molar-refractivity contribution in [1.82, 2.24) is 10.6 Å². The van der Waals surface area contributed by atoms with Gasteiger partial charge in [-0.15, -0.1) is 0 Å². The first-order valence-corrected chi connectivity index (χ1v) is 19.0. The summed E-state index contributed by atoms with van der Waals surface area (Å²) in [6.45, 7) is 11.7. The van der Waals surface area contributed by atoms with E-state index < -0.39 is 53.1 Å². The van der Waals surface area contributed by atoms with Gasteiger partial charge < -0.3 is 29.3 Å². The third-order valence-electron chi connectivity index (χ3n) is 8.68. The summed E-state index contributed by atoms with van der Waals surface area (Å²) in [6.07, 6.45) is -0.638. The van der Waals surface area contributed by atoms with Gasteiger partial charge in [-0.1, -0.05) is 40.2 Å². The van der Waals surface area contributed by atoms with Crippen molar-refractivity contribution in [3.05, 3.63) is 94.5 Å². The van der Waals surface area contributed by atoms with Gasteiger partial charge in [-0.2, -0.15) is 0 Å². The number of benzene rings is 4. The first-order chi connectivity index (χ1) is 26.3. The SMILES string of the molecule is COc1ccc2cc(Br)ccc2c1CN1C(=O)[C@@H](NC(=O)[C@H](C)NCC(=O)OC(C)(C)C)CN(C(=O)c2ccc(NC(=O)OC(C)(C)C)cc2)c2ccccc21. The number of hydrogen-bond acceptors (Lipinski definition) is 9. The molecule has 0 bridgehead atoms. The normalized spacial score (nSPS) is 15.0. The minimum atomic E-state index is -1.21. The van der Waals surface area contributed by atoms with Crippen molar-refractivity contribution in [3.8, 4) is 5.75 Å². The van der Waals surface area contributed by atoms with E-state index in [4.69, 9.17) is 14.2 Å². The molecule has 56 heavy (non-hydrogen) atoms. The van der Waals surface area contributed by atoms with Crippen LogP contribution in [-0.2, 0) is 30.4 Å². The van der Waals surface area contributed by atoms with Gasteiger partial charge in [-0.3, -0.25) is 29.8 Å². The summed E-state index contributed by atoms with van der Waals surface area (Å²) >= 11 is 3.54. The highest BCUT2D eigenvalue weighted by molar-refractivity contribution is 9.10. The zero-order chi connectivity index (χ0) is 40.9. The van der Waals surface area contributed by atoms with Gasteiger partial charge >= 0.3 is 12.1 Å². The van der Waals surface area contributed by atoms with Gasteiger partial charge in [0.25, 0.3) is 11.8 Å². The molecule has 0 unspecified atom stereocenters. The molecule has 0 saturated carbocycles. The molecule has 0 spiro atoms. The second kappa shape index (κ2) is 17.1. The van der Waals surface area contributed by atoms with Crippen molar-refractivity contribution in [1.29, 1.82) is 0 Å². The number of rotatable bonds is 10. The summed E-state index contributed by atoms with van der Waals surface area (Å²) in [5.41, 5.74) is 0.903. The van der Waals surface area contributed by atoms with Crippen LogP contribution in [0.4, 0.5) is 21.9 Å². The lowest BCUT2D eigenvalue weighted by atomic mass is 10.0. The molecule has 296 valence electrons. The second-order valence-corrected chi connectivity index (χ2v) is 16.3. The van der Waals surface area contributed by atoms with Crippen LogP contribution in [0, 0.1) is 0 Å². The Balaban J connectivity index is 1.51. The molecule has 0 aliphatic carbocycles. The number of esters is 1. The van der Waals surface area contributed by atoms with E-state index in [0.717, 1.165) is 20.8 Å². The Morgan fingerprint density at radius 3 is 2.18 bits per heavy atom. The number of ether oxygens (including phenoxy) is 3. The van der Waals surface area contributed by atoms with Crippen LogP contribution in [-0.4, -0.2) is 73.3 Å². The lowest BCUT2D eigenvalue weighted by Crippen LogP contribution is -2.56. The highest BCUT2D eigenvalue weighted by atomic mass is 79.9. The molecule has 5 rings (SSSR count). The highest BCUT2D eigenvalue weighted by Gasteiger charge is 2.38. The summed E-state index contributed by atoms with van der Waals surface area (Å²) in [4.78, 5) is 70.8. The molecule has 4 amide bonds. The number of halogens is 1. The predicted octanol–water partition coefficient (Wildman–Crippen LogP) is 6.96. The number of carbonyl (C=O) groups excluding carboxylic acids is 5. The van der Waals surface area contributed by atoms with Crippen LogP contribution >= 0.6 is 15.9 Å². The van der Waals surface area contributed by atoms with Crippen molar-refractivity contribution in [2.24, 2.45) is 0 Å². The molecule has 3 N–H and O–H groups in total. The number of fused-ring (bicyclic) bond motifs is 2. The van der Waals surface area contributed by atoms with Crippen molar-refractivity contribution in [2.75, 3.05) is 35.3 Å². The molecule has 1 heterocycles. The maximum Gasteiger partial charge on any atom is 0.412 e. The molecule has 14 heteroatoms. The zero-order valence-electron chi connectivity index (χ0n) is 32.8. The smallest absolute Gasteiger partial charge is 0.412 e. The second-order valence-electron chi connectivity index (χ2n) is 15.4. The number of nitrogens with one attached hydrogen (secondary N) is 3. The van der Waals surface area contributed by atoms with Crippen molar-refractivity contribution >= 4 is 73.5 Å². The largest absolute Gasteiger partial charge is 0.496 e. The Morgan fingerprint density at radius 2 is 1.54 bits per heavy atom. The first-order valence-electron chi connectivity index (χ1n) is 18.2. The molecule has 4 aromatic rings. The van der Waals surface area contributed by atoms with Crippen LogP contribution in [0.1, 0.15) is 64.4 Å². The first kappa shape index (κ1) is 41.7. The Bertz CT molecular complexity index is 2130. The van der Waals surface area contributed by atoms with E-state index in [1.807, 2.05) is 30.3 Å². The van der Waals surface area contributed by atoms with Crippen LogP contribution in [0.3, 0.4) is 0 Å². The standard InChI is InChI=1S/C42H48BrN5O8/c1-25(44-22-36(49)55-41(2,3)4)37(50)46-32-24-48(38(51)26-13-17-29(18-14-26)45-40(53)56-42(5,6)7)34-12-10-9-11-33(34)47(39(32)52)23-31-30-19-16-28(43)21-27(30)15-20-35(31)54-8/h9-21,25,32,44H,22-24H2,1-8H3,(H,45,53)(H,46,50)/t25-,32-/m0/s1. The molecule has 0 aromatic heterocycles. The van der Waals surface area contributed by atoms with Crippen molar-refractivity contribution < 1.29 is 38.2 Å². The Labute approximate surface area is 335 Å². The molecule has 13 nitrogen and oxygen atoms in total. The number of para-hydroxylation sites is 2. The number of anilines is 3. The van der Waals surface area contributed by atoms with Gasteiger partial charge in [0.2, 0.25) is 5.91 Å². The summed E-state index contributed by atoms with van der Waals surface area (Å²) in [5.74, 6) is -1.45. The number of carbonyl (C=O) groups is 5. The molecule has 0 radical (unpaired) electrons. The van der Waals surface area contributed by atoms with Crippen LogP contribution in [0.2, 0.25) is 0 Å². The van der Waals surface area contributed by atoms with Crippen molar-refractivity contribution in [3.63, 3.8) is 0 Å². The summed E-state index contributed by atoms with van der Waals surface area (Å²) < 4.78 is 17.4. The third kappa shape index (κ3) is 10.4. The lowest BCUT2D eigenvalue weighted by Gasteiger charge is -2.27. The summed E-state index contributed by atoms with van der Waals surface area (Å²) in [5, 5.41) is 10.2.